The molecule has 2 aromatic rings. The van der Waals surface area contributed by atoms with Crippen molar-refractivity contribution in [1.82, 2.24) is 15.0 Å². The first-order chi connectivity index (χ1) is 8.71. The molecule has 2 aromatic heterocycles. The highest BCUT2D eigenvalue weighted by Gasteiger charge is 2.06. The van der Waals surface area contributed by atoms with Gasteiger partial charge >= 0.3 is 6.01 Å². The van der Waals surface area contributed by atoms with Crippen LogP contribution < -0.4 is 15.4 Å². The first-order valence-electron chi connectivity index (χ1n) is 5.48. The van der Waals surface area contributed by atoms with Crippen molar-refractivity contribution in [2.24, 2.45) is 0 Å². The molecular formula is C11H15N5O2. The van der Waals surface area contributed by atoms with E-state index in [9.17, 15) is 0 Å². The quantitative estimate of drug-likeness (QED) is 0.829. The predicted octanol–water partition coefficient (Wildman–Crippen LogP) is 1.44. The Hall–Kier alpha value is -2.31. The maximum atomic E-state index is 5.44. The summed E-state index contributed by atoms with van der Waals surface area (Å²) in [5, 5.41) is 5.89. The average Bonchev–Trinajstić information content (AvgIpc) is 2.81. The SMILES string of the molecule is CNc1nc(NCc2ccc(C)o2)nc(OC)n1. The van der Waals surface area contributed by atoms with Crippen LogP contribution in [0.5, 0.6) is 6.01 Å². The van der Waals surface area contributed by atoms with Gasteiger partial charge in [0.05, 0.1) is 13.7 Å². The molecule has 2 rings (SSSR count). The Labute approximate surface area is 105 Å². The topological polar surface area (TPSA) is 85.1 Å². The molecule has 0 bridgehead atoms. The van der Waals surface area contributed by atoms with Crippen molar-refractivity contribution in [3.63, 3.8) is 0 Å². The van der Waals surface area contributed by atoms with Crippen molar-refractivity contribution in [3.05, 3.63) is 23.7 Å². The minimum atomic E-state index is 0.257. The van der Waals surface area contributed by atoms with Gasteiger partial charge in [0.2, 0.25) is 11.9 Å². The largest absolute Gasteiger partial charge is 0.467 e. The molecule has 0 spiro atoms. The Kier molecular flexibility index (Phi) is 3.61. The van der Waals surface area contributed by atoms with Crippen molar-refractivity contribution in [1.29, 1.82) is 0 Å². The molecule has 0 amide bonds. The highest BCUT2D eigenvalue weighted by molar-refractivity contribution is 5.35. The molecule has 7 nitrogen and oxygen atoms in total. The summed E-state index contributed by atoms with van der Waals surface area (Å²) in [5.41, 5.74) is 0. The van der Waals surface area contributed by atoms with Crippen LogP contribution in [0.3, 0.4) is 0 Å². The van der Waals surface area contributed by atoms with Gasteiger partial charge < -0.3 is 19.8 Å². The molecule has 0 aliphatic carbocycles. The second-order valence-electron chi connectivity index (χ2n) is 3.59. The molecule has 2 heterocycles. The minimum absolute atomic E-state index is 0.257. The van der Waals surface area contributed by atoms with E-state index in [4.69, 9.17) is 9.15 Å². The summed E-state index contributed by atoms with van der Waals surface area (Å²) in [6.07, 6.45) is 0. The van der Waals surface area contributed by atoms with Crippen molar-refractivity contribution < 1.29 is 9.15 Å². The van der Waals surface area contributed by atoms with Crippen molar-refractivity contribution in [2.45, 2.75) is 13.5 Å². The molecule has 0 fully saturated rings. The number of ether oxygens (including phenoxy) is 1. The van der Waals surface area contributed by atoms with Crippen LogP contribution in [0.1, 0.15) is 11.5 Å². The van der Waals surface area contributed by atoms with Gasteiger partial charge in [-0.2, -0.15) is 15.0 Å². The Bertz CT molecular complexity index is 504. The van der Waals surface area contributed by atoms with Crippen LogP contribution in [0.15, 0.2) is 16.5 Å². The van der Waals surface area contributed by atoms with Crippen molar-refractivity contribution >= 4 is 11.9 Å². The van der Waals surface area contributed by atoms with E-state index in [2.05, 4.69) is 25.6 Å². The summed E-state index contributed by atoms with van der Waals surface area (Å²) in [5.74, 6) is 2.56. The number of hydrogen-bond donors (Lipinski definition) is 2. The zero-order chi connectivity index (χ0) is 13.0. The van der Waals surface area contributed by atoms with Gasteiger partial charge in [-0.3, -0.25) is 0 Å². The molecule has 7 heteroatoms. The maximum absolute atomic E-state index is 5.44. The van der Waals surface area contributed by atoms with E-state index in [-0.39, 0.29) is 6.01 Å². The van der Waals surface area contributed by atoms with Gasteiger partial charge in [0.15, 0.2) is 0 Å². The molecule has 96 valence electrons. The molecule has 0 aromatic carbocycles. The van der Waals surface area contributed by atoms with Gasteiger partial charge in [-0.25, -0.2) is 0 Å². The summed E-state index contributed by atoms with van der Waals surface area (Å²) in [6.45, 7) is 2.40. The van der Waals surface area contributed by atoms with Crippen LogP contribution in [0, 0.1) is 6.92 Å². The van der Waals surface area contributed by atoms with Crippen LogP contribution in [0.4, 0.5) is 11.9 Å². The number of aromatic nitrogens is 3. The summed E-state index contributed by atoms with van der Waals surface area (Å²) in [4.78, 5) is 12.3. The van der Waals surface area contributed by atoms with E-state index in [0.717, 1.165) is 11.5 Å². The summed E-state index contributed by atoms with van der Waals surface area (Å²) >= 11 is 0. The van der Waals surface area contributed by atoms with E-state index in [0.29, 0.717) is 18.4 Å². The molecule has 0 aliphatic heterocycles. The smallest absolute Gasteiger partial charge is 0.322 e. The van der Waals surface area contributed by atoms with Gasteiger partial charge in [0.25, 0.3) is 0 Å². The van der Waals surface area contributed by atoms with Gasteiger partial charge in [-0.1, -0.05) is 0 Å². The van der Waals surface area contributed by atoms with Crippen LogP contribution >= 0.6 is 0 Å². The highest BCUT2D eigenvalue weighted by atomic mass is 16.5. The number of anilines is 2. The number of hydrogen-bond acceptors (Lipinski definition) is 7. The van der Waals surface area contributed by atoms with Crippen molar-refractivity contribution in [3.8, 4) is 6.01 Å². The van der Waals surface area contributed by atoms with Crippen molar-refractivity contribution in [2.75, 3.05) is 24.8 Å². The first kappa shape index (κ1) is 12.2. The summed E-state index contributed by atoms with van der Waals surface area (Å²) in [6, 6.07) is 4.07. The lowest BCUT2D eigenvalue weighted by Gasteiger charge is -2.06. The lowest BCUT2D eigenvalue weighted by molar-refractivity contribution is 0.379. The molecule has 18 heavy (non-hydrogen) atoms. The first-order valence-corrected chi connectivity index (χ1v) is 5.48. The van der Waals surface area contributed by atoms with Gasteiger partial charge in [-0.15, -0.1) is 0 Å². The second-order valence-corrected chi connectivity index (χ2v) is 3.59. The van der Waals surface area contributed by atoms with Crippen LogP contribution in [0.25, 0.3) is 0 Å². The van der Waals surface area contributed by atoms with Gasteiger partial charge in [0, 0.05) is 7.05 Å². The Balaban J connectivity index is 2.08. The minimum Gasteiger partial charge on any atom is -0.467 e. The molecule has 0 aliphatic rings. The van der Waals surface area contributed by atoms with E-state index in [1.54, 1.807) is 7.05 Å². The third-order valence-electron chi connectivity index (χ3n) is 2.24. The number of nitrogens with zero attached hydrogens (tertiary/aromatic N) is 3. The molecule has 2 N–H and O–H groups in total. The zero-order valence-electron chi connectivity index (χ0n) is 10.5. The Morgan fingerprint density at radius 2 is 2.00 bits per heavy atom. The highest BCUT2D eigenvalue weighted by Crippen LogP contribution is 2.12. The fourth-order valence-electron chi connectivity index (χ4n) is 1.38. The summed E-state index contributed by atoms with van der Waals surface area (Å²) in [7, 11) is 3.24. The normalized spacial score (nSPS) is 10.2. The maximum Gasteiger partial charge on any atom is 0.322 e. The van der Waals surface area contributed by atoms with Crippen LogP contribution in [0.2, 0.25) is 0 Å². The number of furan rings is 1. The zero-order valence-corrected chi connectivity index (χ0v) is 10.5. The number of aryl methyl sites for hydroxylation is 1. The molecule has 0 atom stereocenters. The van der Waals surface area contributed by atoms with E-state index < -0.39 is 0 Å². The average molecular weight is 249 g/mol. The molecule has 0 saturated heterocycles. The number of methoxy groups -OCH3 is 1. The Morgan fingerprint density at radius 1 is 1.22 bits per heavy atom. The van der Waals surface area contributed by atoms with Crippen LogP contribution in [-0.2, 0) is 6.54 Å². The Morgan fingerprint density at radius 3 is 2.61 bits per heavy atom. The standard InChI is InChI=1S/C11H15N5O2/c1-7-4-5-8(18-7)6-13-10-14-9(12-2)15-11(16-10)17-3/h4-5H,6H2,1-3H3,(H2,12,13,14,15,16). The third-order valence-corrected chi connectivity index (χ3v) is 2.24. The second kappa shape index (κ2) is 5.35. The molecule has 0 saturated carbocycles. The summed E-state index contributed by atoms with van der Waals surface area (Å²) < 4.78 is 10.4. The third kappa shape index (κ3) is 2.88. The van der Waals surface area contributed by atoms with E-state index >= 15 is 0 Å². The fraction of sp³-hybridized carbons (Fsp3) is 0.364. The lowest BCUT2D eigenvalue weighted by atomic mass is 10.4. The molecule has 0 unspecified atom stereocenters. The van der Waals surface area contributed by atoms with Gasteiger partial charge in [-0.05, 0) is 19.1 Å². The predicted molar refractivity (Wildman–Crippen MR) is 66.7 cm³/mol. The van der Waals surface area contributed by atoms with E-state index in [1.807, 2.05) is 19.1 Å². The van der Waals surface area contributed by atoms with Crippen LogP contribution in [-0.4, -0.2) is 29.1 Å². The monoisotopic (exact) mass is 249 g/mol. The van der Waals surface area contributed by atoms with E-state index in [1.165, 1.54) is 7.11 Å². The molecule has 0 radical (unpaired) electrons. The number of nitrogens with one attached hydrogen (secondary N) is 2. The van der Waals surface area contributed by atoms with Gasteiger partial charge in [0.1, 0.15) is 11.5 Å². The molecular weight excluding hydrogens is 234 g/mol. The lowest BCUT2D eigenvalue weighted by Crippen LogP contribution is -2.08. The number of rotatable bonds is 5. The fourth-order valence-corrected chi connectivity index (χ4v) is 1.38.